The van der Waals surface area contributed by atoms with E-state index in [1.54, 1.807) is 17.1 Å². The van der Waals surface area contributed by atoms with Gasteiger partial charge in [0.1, 0.15) is 0 Å². The lowest BCUT2D eigenvalue weighted by Gasteiger charge is -2.19. The van der Waals surface area contributed by atoms with E-state index in [0.29, 0.717) is 25.1 Å². The summed E-state index contributed by atoms with van der Waals surface area (Å²) in [4.78, 5) is 38.2. The van der Waals surface area contributed by atoms with Crippen molar-refractivity contribution in [2.45, 2.75) is 80.6 Å². The summed E-state index contributed by atoms with van der Waals surface area (Å²) >= 11 is 5.13. The molecule has 0 aliphatic heterocycles. The molecule has 0 radical (unpaired) electrons. The number of halogens is 1. The smallest absolute Gasteiger partial charge is 0.331 e. The van der Waals surface area contributed by atoms with Gasteiger partial charge in [-0.25, -0.2) is 4.79 Å². The second-order valence-corrected chi connectivity index (χ2v) is 9.40. The van der Waals surface area contributed by atoms with Crippen molar-refractivity contribution < 1.29 is 19.5 Å². The average Bonchev–Trinajstić information content (AvgIpc) is 2.96. The van der Waals surface area contributed by atoms with Crippen LogP contribution in [0.3, 0.4) is 0 Å². The first kappa shape index (κ1) is 39.5. The van der Waals surface area contributed by atoms with E-state index < -0.39 is 5.97 Å². The maximum absolute atomic E-state index is 11.7. The Kier molecular flexibility index (Phi) is 26.2. The molecule has 1 N–H and O–H groups in total. The van der Waals surface area contributed by atoms with Crippen molar-refractivity contribution in [1.29, 1.82) is 0 Å². The molecule has 0 bridgehead atoms. The number of allylic oxidation sites excluding steroid dienone is 3. The summed E-state index contributed by atoms with van der Waals surface area (Å²) in [6.45, 7) is 21.3. The second kappa shape index (κ2) is 26.6. The van der Waals surface area contributed by atoms with Crippen molar-refractivity contribution in [2.75, 3.05) is 45.8 Å². The number of carboxylic acid groups (broad SMARTS) is 1. The number of benzene rings is 1. The molecule has 1 aliphatic carbocycles. The highest BCUT2D eigenvalue weighted by Crippen LogP contribution is 2.10. The fraction of sp³-hybridized carbons (Fsp3) is 0.594. The van der Waals surface area contributed by atoms with Crippen LogP contribution in [-0.4, -0.2) is 82.9 Å². The number of hydrogen-bond donors (Lipinski definition) is 1. The minimum atomic E-state index is -0.792. The molecular weight excluding hydrogens is 526 g/mol. The topological polar surface area (TPSA) is 81.2 Å². The van der Waals surface area contributed by atoms with Gasteiger partial charge in [0.2, 0.25) is 0 Å². The summed E-state index contributed by atoms with van der Waals surface area (Å²) in [5.41, 5.74) is 1.28. The largest absolute Gasteiger partial charge is 0.478 e. The zero-order valence-electron chi connectivity index (χ0n) is 26.0. The third kappa shape index (κ3) is 19.4. The summed E-state index contributed by atoms with van der Waals surface area (Å²) in [6.07, 6.45) is 10.8. The van der Waals surface area contributed by atoms with Gasteiger partial charge in [-0.15, -0.1) is 0 Å². The molecule has 0 fully saturated rings. The molecule has 0 atom stereocenters. The fourth-order valence-corrected chi connectivity index (χ4v) is 4.05. The Hall–Kier alpha value is -2.64. The minimum Gasteiger partial charge on any atom is -0.478 e. The van der Waals surface area contributed by atoms with Crippen molar-refractivity contribution in [3.63, 3.8) is 0 Å². The Labute approximate surface area is 248 Å². The third-order valence-electron chi connectivity index (χ3n) is 5.99. The number of carbonyl (C=O) groups excluding carboxylic acids is 2. The second-order valence-electron chi connectivity index (χ2n) is 9.07. The number of amides is 2. The molecule has 1 aliphatic rings. The molecule has 0 unspecified atom stereocenters. The van der Waals surface area contributed by atoms with Crippen molar-refractivity contribution in [2.24, 2.45) is 0 Å². The Bertz CT molecular complexity index is 837. The van der Waals surface area contributed by atoms with Gasteiger partial charge in [0.05, 0.1) is 0 Å². The van der Waals surface area contributed by atoms with E-state index in [-0.39, 0.29) is 11.3 Å². The highest BCUT2D eigenvalue weighted by Gasteiger charge is 2.10. The monoisotopic (exact) mass is 579 g/mol. The molecule has 1 aromatic rings. The first-order valence-electron chi connectivity index (χ1n) is 14.8. The molecule has 0 aromatic heterocycles. The fourth-order valence-electron chi connectivity index (χ4n) is 3.81. The van der Waals surface area contributed by atoms with Gasteiger partial charge in [-0.2, -0.15) is 0 Å². The Morgan fingerprint density at radius 1 is 0.775 bits per heavy atom. The highest BCUT2D eigenvalue weighted by molar-refractivity contribution is 6.62. The SMILES string of the molecule is CCCN(CCC)CCC.CCN(CC)C(=O)Cl.CCN(CC)C(=O)c1ccccc1.O=C(O)C1=CC=CCC1. The van der Waals surface area contributed by atoms with Gasteiger partial charge in [-0.05, 0) is 103 Å². The first-order chi connectivity index (χ1) is 19.2. The number of carboxylic acids is 1. The molecule has 0 spiro atoms. The molecule has 40 heavy (non-hydrogen) atoms. The molecular formula is C32H54ClN3O4. The summed E-state index contributed by atoms with van der Waals surface area (Å²) in [7, 11) is 0. The lowest BCUT2D eigenvalue weighted by atomic mass is 10.1. The van der Waals surface area contributed by atoms with Crippen LogP contribution in [0.1, 0.15) is 90.9 Å². The number of aliphatic carboxylic acids is 1. The summed E-state index contributed by atoms with van der Waals surface area (Å²) in [5, 5.41) is 8.07. The molecule has 0 heterocycles. The van der Waals surface area contributed by atoms with Crippen LogP contribution in [0.25, 0.3) is 0 Å². The van der Waals surface area contributed by atoms with Crippen LogP contribution in [0.4, 0.5) is 4.79 Å². The lowest BCUT2D eigenvalue weighted by molar-refractivity contribution is -0.132. The maximum Gasteiger partial charge on any atom is 0.331 e. The van der Waals surface area contributed by atoms with Gasteiger partial charge in [-0.1, -0.05) is 57.2 Å². The first-order valence-corrected chi connectivity index (χ1v) is 15.1. The van der Waals surface area contributed by atoms with Crippen LogP contribution < -0.4 is 0 Å². The quantitative estimate of drug-likeness (QED) is 0.202. The Morgan fingerprint density at radius 2 is 1.25 bits per heavy atom. The molecule has 0 saturated carbocycles. The van der Waals surface area contributed by atoms with Crippen LogP contribution in [-0.2, 0) is 4.79 Å². The van der Waals surface area contributed by atoms with Crippen LogP contribution in [0, 0.1) is 0 Å². The molecule has 2 rings (SSSR count). The van der Waals surface area contributed by atoms with Gasteiger partial charge in [0, 0.05) is 37.3 Å². The number of carbonyl (C=O) groups is 3. The number of nitrogens with zero attached hydrogens (tertiary/aromatic N) is 3. The molecule has 2 amide bonds. The van der Waals surface area contributed by atoms with E-state index in [0.717, 1.165) is 25.1 Å². The molecule has 1 aromatic carbocycles. The van der Waals surface area contributed by atoms with Gasteiger partial charge >= 0.3 is 11.3 Å². The van der Waals surface area contributed by atoms with Gasteiger partial charge in [-0.3, -0.25) is 9.59 Å². The molecule has 8 heteroatoms. The van der Waals surface area contributed by atoms with E-state index in [1.807, 2.05) is 69.0 Å². The Morgan fingerprint density at radius 3 is 1.52 bits per heavy atom. The summed E-state index contributed by atoms with van der Waals surface area (Å²) < 4.78 is 0. The number of rotatable bonds is 12. The van der Waals surface area contributed by atoms with Gasteiger partial charge in [0.15, 0.2) is 0 Å². The molecule has 0 saturated heterocycles. The van der Waals surface area contributed by atoms with Crippen LogP contribution in [0.5, 0.6) is 0 Å². The minimum absolute atomic E-state index is 0.116. The van der Waals surface area contributed by atoms with E-state index in [4.69, 9.17) is 16.7 Å². The standard InChI is InChI=1S/C11H15NO.C9H21N.C7H8O2.C5H10ClNO/c1-3-12(4-2)11(13)10-8-6-5-7-9-10;1-4-7-10(8-5-2)9-6-3;8-7(9)6-4-2-1-3-5-6;1-3-7(4-2)5(6)8/h5-9H,3-4H2,1-2H3;4-9H2,1-3H3;1-2,4H,3,5H2,(H,8,9);3-4H2,1-2H3. The van der Waals surface area contributed by atoms with Gasteiger partial charge in [0.25, 0.3) is 5.91 Å². The van der Waals surface area contributed by atoms with E-state index in [2.05, 4.69) is 25.7 Å². The highest BCUT2D eigenvalue weighted by atomic mass is 35.5. The summed E-state index contributed by atoms with van der Waals surface area (Å²) in [5.74, 6) is -0.676. The predicted octanol–water partition coefficient (Wildman–Crippen LogP) is 7.72. The van der Waals surface area contributed by atoms with Crippen molar-refractivity contribution in [1.82, 2.24) is 14.7 Å². The predicted molar refractivity (Wildman–Crippen MR) is 169 cm³/mol. The lowest BCUT2D eigenvalue weighted by Crippen LogP contribution is -2.30. The zero-order valence-corrected chi connectivity index (χ0v) is 26.8. The Balaban J connectivity index is 0. The number of hydrogen-bond acceptors (Lipinski definition) is 4. The maximum atomic E-state index is 11.7. The van der Waals surface area contributed by atoms with Gasteiger partial charge < -0.3 is 19.8 Å². The van der Waals surface area contributed by atoms with E-state index in [9.17, 15) is 14.4 Å². The van der Waals surface area contributed by atoms with Crippen LogP contribution in [0.2, 0.25) is 0 Å². The van der Waals surface area contributed by atoms with Crippen molar-refractivity contribution >= 4 is 28.8 Å². The van der Waals surface area contributed by atoms with Crippen molar-refractivity contribution in [3.05, 3.63) is 59.7 Å². The normalized spacial score (nSPS) is 11.5. The van der Waals surface area contributed by atoms with Crippen molar-refractivity contribution in [3.8, 4) is 0 Å². The zero-order chi connectivity index (χ0) is 30.8. The molecule has 228 valence electrons. The third-order valence-corrected chi connectivity index (χ3v) is 6.23. The van der Waals surface area contributed by atoms with Crippen LogP contribution in [0.15, 0.2) is 54.1 Å². The molecule has 7 nitrogen and oxygen atoms in total. The summed E-state index contributed by atoms with van der Waals surface area (Å²) in [6, 6.07) is 9.38. The van der Waals surface area contributed by atoms with E-state index >= 15 is 0 Å². The van der Waals surface area contributed by atoms with E-state index in [1.165, 1.54) is 38.9 Å². The average molecular weight is 580 g/mol. The van der Waals surface area contributed by atoms with Crippen LogP contribution >= 0.6 is 11.6 Å².